The zero-order valence-electron chi connectivity index (χ0n) is 12.3. The minimum absolute atomic E-state index is 0.0503. The minimum Gasteiger partial charge on any atom is -0.369 e. The number of pyridine rings is 1. The van der Waals surface area contributed by atoms with Gasteiger partial charge in [-0.1, -0.05) is 18.2 Å². The quantitative estimate of drug-likeness (QED) is 0.910. The molecule has 0 spiro atoms. The molecule has 1 aromatic carbocycles. The van der Waals surface area contributed by atoms with Crippen LogP contribution in [0.4, 0.5) is 5.82 Å². The molecule has 0 bridgehead atoms. The number of hydrogen-bond donors (Lipinski definition) is 2. The minimum atomic E-state index is -0.159. The molecule has 21 heavy (non-hydrogen) atoms. The zero-order chi connectivity index (χ0) is 14.8. The van der Waals surface area contributed by atoms with Gasteiger partial charge in [0.05, 0.1) is 5.52 Å². The Balaban J connectivity index is 1.73. The maximum atomic E-state index is 11.2. The van der Waals surface area contributed by atoms with Gasteiger partial charge in [-0.2, -0.15) is 0 Å². The number of anilines is 1. The molecule has 1 saturated carbocycles. The van der Waals surface area contributed by atoms with E-state index in [-0.39, 0.29) is 11.8 Å². The fourth-order valence-electron chi connectivity index (χ4n) is 3.15. The van der Waals surface area contributed by atoms with E-state index in [2.05, 4.69) is 29.4 Å². The first-order valence-electron chi connectivity index (χ1n) is 7.56. The van der Waals surface area contributed by atoms with Gasteiger partial charge in [0, 0.05) is 17.3 Å². The molecule has 110 valence electrons. The van der Waals surface area contributed by atoms with E-state index < -0.39 is 0 Å². The summed E-state index contributed by atoms with van der Waals surface area (Å²) in [5.41, 5.74) is 7.63. The predicted molar refractivity (Wildman–Crippen MR) is 85.0 cm³/mol. The predicted octanol–water partition coefficient (Wildman–Crippen LogP) is 3.00. The molecule has 1 heterocycles. The summed E-state index contributed by atoms with van der Waals surface area (Å²) in [7, 11) is 0. The largest absolute Gasteiger partial charge is 0.369 e. The van der Waals surface area contributed by atoms with Crippen LogP contribution >= 0.6 is 0 Å². The SMILES string of the molecule is Cc1cc(NC2CCC(C(N)=O)CC2)nc2ccccc12. The molecule has 1 aliphatic carbocycles. The van der Waals surface area contributed by atoms with Gasteiger partial charge in [-0.05, 0) is 50.3 Å². The number of amides is 1. The number of rotatable bonds is 3. The average molecular weight is 283 g/mol. The van der Waals surface area contributed by atoms with Crippen molar-refractivity contribution in [2.75, 3.05) is 5.32 Å². The van der Waals surface area contributed by atoms with E-state index in [0.717, 1.165) is 37.0 Å². The second kappa shape index (κ2) is 5.72. The van der Waals surface area contributed by atoms with Crippen molar-refractivity contribution in [1.29, 1.82) is 0 Å². The normalized spacial score (nSPS) is 22.1. The summed E-state index contributed by atoms with van der Waals surface area (Å²) in [6, 6.07) is 10.7. The van der Waals surface area contributed by atoms with Crippen LogP contribution in [0, 0.1) is 12.8 Å². The van der Waals surface area contributed by atoms with E-state index in [1.165, 1.54) is 10.9 Å². The zero-order valence-corrected chi connectivity index (χ0v) is 12.3. The molecular weight excluding hydrogens is 262 g/mol. The maximum absolute atomic E-state index is 11.2. The molecule has 0 radical (unpaired) electrons. The summed E-state index contributed by atoms with van der Waals surface area (Å²) in [5, 5.41) is 4.70. The summed E-state index contributed by atoms with van der Waals surface area (Å²) < 4.78 is 0. The molecule has 3 N–H and O–H groups in total. The second-order valence-electron chi connectivity index (χ2n) is 5.94. The first-order chi connectivity index (χ1) is 10.1. The number of carbonyl (C=O) groups excluding carboxylic acids is 1. The summed E-state index contributed by atoms with van der Waals surface area (Å²) >= 11 is 0. The number of nitrogens with two attached hydrogens (primary N) is 1. The standard InChI is InChI=1S/C17H21N3O/c1-11-10-16(20-15-5-3-2-4-14(11)15)19-13-8-6-12(7-9-13)17(18)21/h2-5,10,12-13H,6-9H2,1H3,(H2,18,21)(H,19,20). The molecule has 2 aromatic rings. The van der Waals surface area contributed by atoms with Crippen molar-refractivity contribution in [2.24, 2.45) is 11.7 Å². The smallest absolute Gasteiger partial charge is 0.220 e. The number of aryl methyl sites for hydroxylation is 1. The van der Waals surface area contributed by atoms with Crippen molar-refractivity contribution in [2.45, 2.75) is 38.6 Å². The fourth-order valence-corrected chi connectivity index (χ4v) is 3.15. The summed E-state index contributed by atoms with van der Waals surface area (Å²) in [6.07, 6.45) is 3.70. The molecule has 1 amide bonds. The third kappa shape index (κ3) is 2.99. The second-order valence-corrected chi connectivity index (χ2v) is 5.94. The lowest BCUT2D eigenvalue weighted by Gasteiger charge is -2.27. The molecule has 4 nitrogen and oxygen atoms in total. The van der Waals surface area contributed by atoms with E-state index in [1.807, 2.05) is 18.2 Å². The van der Waals surface area contributed by atoms with Gasteiger partial charge in [0.2, 0.25) is 5.91 Å². The van der Waals surface area contributed by atoms with Gasteiger partial charge in [-0.3, -0.25) is 4.79 Å². The van der Waals surface area contributed by atoms with E-state index in [0.29, 0.717) is 6.04 Å². The lowest BCUT2D eigenvalue weighted by atomic mass is 9.85. The number of para-hydroxylation sites is 1. The van der Waals surface area contributed by atoms with Gasteiger partial charge in [0.15, 0.2) is 0 Å². The third-order valence-electron chi connectivity index (χ3n) is 4.40. The highest BCUT2D eigenvalue weighted by atomic mass is 16.1. The Morgan fingerprint density at radius 3 is 2.67 bits per heavy atom. The van der Waals surface area contributed by atoms with Crippen LogP contribution in [-0.4, -0.2) is 16.9 Å². The highest BCUT2D eigenvalue weighted by molar-refractivity contribution is 5.83. The van der Waals surface area contributed by atoms with Crippen molar-refractivity contribution < 1.29 is 4.79 Å². The fraction of sp³-hybridized carbons (Fsp3) is 0.412. The Hall–Kier alpha value is -2.10. The highest BCUT2D eigenvalue weighted by Gasteiger charge is 2.24. The van der Waals surface area contributed by atoms with Crippen molar-refractivity contribution in [3.05, 3.63) is 35.9 Å². The molecule has 1 fully saturated rings. The maximum Gasteiger partial charge on any atom is 0.220 e. The molecule has 0 unspecified atom stereocenters. The van der Waals surface area contributed by atoms with Crippen molar-refractivity contribution in [1.82, 2.24) is 4.98 Å². The first-order valence-corrected chi connectivity index (χ1v) is 7.56. The molecule has 4 heteroatoms. The van der Waals surface area contributed by atoms with Gasteiger partial charge in [-0.15, -0.1) is 0 Å². The molecular formula is C17H21N3O. The van der Waals surface area contributed by atoms with Crippen molar-refractivity contribution in [3.63, 3.8) is 0 Å². The molecule has 1 aliphatic rings. The Bertz CT molecular complexity index is 660. The van der Waals surface area contributed by atoms with Gasteiger partial charge in [-0.25, -0.2) is 4.98 Å². The molecule has 0 aliphatic heterocycles. The molecule has 0 atom stereocenters. The Labute approximate surface area is 124 Å². The number of carbonyl (C=O) groups is 1. The monoisotopic (exact) mass is 283 g/mol. The number of fused-ring (bicyclic) bond motifs is 1. The highest BCUT2D eigenvalue weighted by Crippen LogP contribution is 2.27. The van der Waals surface area contributed by atoms with Crippen molar-refractivity contribution in [3.8, 4) is 0 Å². The van der Waals surface area contributed by atoms with Gasteiger partial charge < -0.3 is 11.1 Å². The van der Waals surface area contributed by atoms with Gasteiger partial charge in [0.1, 0.15) is 5.82 Å². The summed E-state index contributed by atoms with van der Waals surface area (Å²) in [4.78, 5) is 15.9. The van der Waals surface area contributed by atoms with Crippen molar-refractivity contribution >= 4 is 22.6 Å². The number of primary amides is 1. The van der Waals surface area contributed by atoms with Crippen LogP contribution in [0.3, 0.4) is 0 Å². The van der Waals surface area contributed by atoms with E-state index in [4.69, 9.17) is 5.73 Å². The number of hydrogen-bond acceptors (Lipinski definition) is 3. The Morgan fingerprint density at radius 2 is 1.95 bits per heavy atom. The topological polar surface area (TPSA) is 68.0 Å². The number of aromatic nitrogens is 1. The van der Waals surface area contributed by atoms with Crippen LogP contribution in [0.25, 0.3) is 10.9 Å². The summed E-state index contributed by atoms with van der Waals surface area (Å²) in [6.45, 7) is 2.11. The number of benzene rings is 1. The molecule has 0 saturated heterocycles. The molecule has 3 rings (SSSR count). The van der Waals surface area contributed by atoms with Crippen LogP contribution in [0.2, 0.25) is 0 Å². The Morgan fingerprint density at radius 1 is 1.24 bits per heavy atom. The van der Waals surface area contributed by atoms with Crippen LogP contribution < -0.4 is 11.1 Å². The molecule has 1 aromatic heterocycles. The van der Waals surface area contributed by atoms with E-state index in [1.54, 1.807) is 0 Å². The van der Waals surface area contributed by atoms with Crippen LogP contribution in [0.5, 0.6) is 0 Å². The van der Waals surface area contributed by atoms with Crippen LogP contribution in [0.1, 0.15) is 31.2 Å². The van der Waals surface area contributed by atoms with Gasteiger partial charge in [0.25, 0.3) is 0 Å². The van der Waals surface area contributed by atoms with Crippen LogP contribution in [-0.2, 0) is 4.79 Å². The first kappa shape index (κ1) is 13.9. The summed E-state index contributed by atoms with van der Waals surface area (Å²) in [5.74, 6) is 0.816. The van der Waals surface area contributed by atoms with Crippen LogP contribution in [0.15, 0.2) is 30.3 Å². The third-order valence-corrected chi connectivity index (χ3v) is 4.40. The number of nitrogens with one attached hydrogen (secondary N) is 1. The van der Waals surface area contributed by atoms with Gasteiger partial charge >= 0.3 is 0 Å². The average Bonchev–Trinajstić information content (AvgIpc) is 2.48. The lowest BCUT2D eigenvalue weighted by Crippen LogP contribution is -2.32. The van der Waals surface area contributed by atoms with E-state index >= 15 is 0 Å². The number of nitrogens with zero attached hydrogens (tertiary/aromatic N) is 1. The Kier molecular flexibility index (Phi) is 3.78. The lowest BCUT2D eigenvalue weighted by molar-refractivity contribution is -0.122. The van der Waals surface area contributed by atoms with E-state index in [9.17, 15) is 4.79 Å².